The number of pyridine rings is 3. The highest BCUT2D eigenvalue weighted by atomic mass is 35.5. The molecule has 0 aliphatic heterocycles. The van der Waals surface area contributed by atoms with E-state index in [9.17, 15) is 23.2 Å². The first-order valence-corrected chi connectivity index (χ1v) is 19.8. The third-order valence-corrected chi connectivity index (χ3v) is 10.7. The molecule has 0 aliphatic carbocycles. The van der Waals surface area contributed by atoms with Crippen LogP contribution in [0.25, 0.3) is 49.7 Å². The monoisotopic (exact) mass is 849 g/mol. The van der Waals surface area contributed by atoms with Crippen LogP contribution in [0.3, 0.4) is 0 Å². The van der Waals surface area contributed by atoms with Gasteiger partial charge in [-0.25, -0.2) is 18.3 Å². The fourth-order valence-corrected chi connectivity index (χ4v) is 7.82. The van der Waals surface area contributed by atoms with Crippen LogP contribution in [0, 0.1) is 18.6 Å². The van der Waals surface area contributed by atoms with E-state index < -0.39 is 23.6 Å². The molecule has 15 heteroatoms. The van der Waals surface area contributed by atoms with Crippen LogP contribution in [-0.4, -0.2) is 34.6 Å². The summed E-state index contributed by atoms with van der Waals surface area (Å²) in [6.45, 7) is 5.41. The minimum Gasteiger partial charge on any atom is -0.381 e. The van der Waals surface area contributed by atoms with E-state index in [1.807, 2.05) is 55.5 Å². The summed E-state index contributed by atoms with van der Waals surface area (Å²) in [6.07, 6.45) is 4.89. The van der Waals surface area contributed by atoms with Crippen molar-refractivity contribution in [1.82, 2.24) is 34.0 Å². The molecule has 12 nitrogen and oxygen atoms in total. The Morgan fingerprint density at radius 3 is 2.02 bits per heavy atom. The highest BCUT2D eigenvalue weighted by molar-refractivity contribution is 6.35. The lowest BCUT2D eigenvalue weighted by Gasteiger charge is -2.22. The first kappa shape index (κ1) is 41.2. The number of rotatable bonds is 7. The van der Waals surface area contributed by atoms with Crippen molar-refractivity contribution >= 4 is 50.5 Å². The highest BCUT2D eigenvalue weighted by Gasteiger charge is 2.24. The summed E-state index contributed by atoms with van der Waals surface area (Å²) in [6, 6.07) is 30.5. The number of nitrogens with zero attached hydrogens (tertiary/aromatic N) is 6. The molecule has 2 atom stereocenters. The van der Waals surface area contributed by atoms with Gasteiger partial charge in [0.15, 0.2) is 11.5 Å². The number of hydrogen-bond donors (Lipinski definition) is 3. The minimum atomic E-state index is -0.683. The van der Waals surface area contributed by atoms with Crippen molar-refractivity contribution in [2.24, 2.45) is 5.73 Å². The average molecular weight is 850 g/mol. The fourth-order valence-electron chi connectivity index (χ4n) is 7.56. The summed E-state index contributed by atoms with van der Waals surface area (Å²) in [5, 5.41) is 9.72. The Kier molecular flexibility index (Phi) is 11.2. The van der Waals surface area contributed by atoms with E-state index in [0.717, 1.165) is 22.2 Å². The van der Waals surface area contributed by atoms with Crippen molar-refractivity contribution in [2.45, 2.75) is 32.9 Å². The average Bonchev–Trinajstić information content (AvgIpc) is 3.59. The fraction of sp³-hybridized carbons (Fsp3) is 0.106. The van der Waals surface area contributed by atoms with Gasteiger partial charge in [0.2, 0.25) is 0 Å². The second kappa shape index (κ2) is 16.8. The van der Waals surface area contributed by atoms with E-state index in [1.54, 1.807) is 68.8 Å². The van der Waals surface area contributed by atoms with E-state index in [0.29, 0.717) is 49.6 Å². The third-order valence-electron chi connectivity index (χ3n) is 10.3. The van der Waals surface area contributed by atoms with Crippen LogP contribution >= 0.6 is 11.6 Å². The van der Waals surface area contributed by atoms with E-state index in [-0.39, 0.29) is 28.5 Å². The number of fused-ring (bicyclic) bond motifs is 3. The number of aryl methyl sites for hydroxylation is 1. The Morgan fingerprint density at radius 1 is 0.742 bits per heavy atom. The number of benzene rings is 4. The summed E-state index contributed by atoms with van der Waals surface area (Å²) in [4.78, 5) is 49.1. The van der Waals surface area contributed by atoms with Crippen molar-refractivity contribution < 1.29 is 13.6 Å². The summed E-state index contributed by atoms with van der Waals surface area (Å²) in [5.74, 6) is -1.38. The van der Waals surface area contributed by atoms with Crippen molar-refractivity contribution in [3.8, 4) is 22.5 Å². The molecule has 9 rings (SSSR count). The lowest BCUT2D eigenvalue weighted by Crippen LogP contribution is -2.32. The smallest absolute Gasteiger partial charge is 0.264 e. The van der Waals surface area contributed by atoms with E-state index in [1.165, 1.54) is 44.0 Å². The first-order valence-electron chi connectivity index (χ1n) is 19.4. The van der Waals surface area contributed by atoms with Gasteiger partial charge in [0, 0.05) is 41.7 Å². The molecule has 310 valence electrons. The molecule has 0 bridgehead atoms. The number of nitrogens with one attached hydrogen (secondary N) is 1. The van der Waals surface area contributed by atoms with Crippen molar-refractivity contribution in [1.29, 1.82) is 0 Å². The molecule has 0 spiro atoms. The van der Waals surface area contributed by atoms with Gasteiger partial charge in [-0.1, -0.05) is 54.1 Å². The number of anilines is 1. The van der Waals surface area contributed by atoms with Gasteiger partial charge >= 0.3 is 0 Å². The lowest BCUT2D eigenvalue weighted by molar-refractivity contribution is 0.0941. The van der Waals surface area contributed by atoms with E-state index in [4.69, 9.17) is 23.1 Å². The maximum absolute atomic E-state index is 14.4. The predicted molar refractivity (Wildman–Crippen MR) is 238 cm³/mol. The predicted octanol–water partition coefficient (Wildman–Crippen LogP) is 8.42. The van der Waals surface area contributed by atoms with Crippen LogP contribution in [0.2, 0.25) is 5.02 Å². The van der Waals surface area contributed by atoms with Gasteiger partial charge < -0.3 is 16.8 Å². The summed E-state index contributed by atoms with van der Waals surface area (Å²) >= 11 is 6.17. The largest absolute Gasteiger partial charge is 0.381 e. The van der Waals surface area contributed by atoms with Crippen LogP contribution in [-0.2, 0) is 0 Å². The third kappa shape index (κ3) is 7.80. The SMILES string of the molecule is C[C@H](N)c1cc2cccc(Cl)c2c(=O)n1-c1cccc(F)c1.Cc1cc(-c2cccc3cc([C@H](C)NC(=O)c4c(N)nn5cccnc45)n(-c4cccc(F)c4)c(=O)c23)ccn1. The minimum absolute atomic E-state index is 0.0294. The number of aromatic nitrogens is 6. The molecular weight excluding hydrogens is 812 g/mol. The number of nitrogen functional groups attached to an aromatic ring is 1. The van der Waals surface area contributed by atoms with Crippen LogP contribution in [0.1, 0.15) is 53.4 Å². The Bertz CT molecular complexity index is 3330. The van der Waals surface area contributed by atoms with Crippen molar-refractivity contribution in [2.75, 3.05) is 5.73 Å². The van der Waals surface area contributed by atoms with Gasteiger partial charge in [-0.2, -0.15) is 0 Å². The van der Waals surface area contributed by atoms with Crippen molar-refractivity contribution in [3.63, 3.8) is 0 Å². The summed E-state index contributed by atoms with van der Waals surface area (Å²) in [5.41, 5.74) is 16.0. The Hall–Kier alpha value is -7.55. The topological polar surface area (TPSA) is 168 Å². The number of hydrogen-bond acceptors (Lipinski definition) is 8. The van der Waals surface area contributed by atoms with Gasteiger partial charge in [0.05, 0.1) is 33.2 Å². The molecule has 0 saturated carbocycles. The molecule has 5 aromatic heterocycles. The Labute approximate surface area is 357 Å². The van der Waals surface area contributed by atoms with Gasteiger partial charge in [-0.05, 0) is 115 Å². The van der Waals surface area contributed by atoms with Crippen LogP contribution in [0.5, 0.6) is 0 Å². The zero-order chi connectivity index (χ0) is 43.8. The molecule has 0 fully saturated rings. The van der Waals surface area contributed by atoms with Crippen molar-refractivity contribution in [3.05, 3.63) is 194 Å². The second-order valence-corrected chi connectivity index (χ2v) is 15.1. The zero-order valence-corrected chi connectivity index (χ0v) is 34.3. The van der Waals surface area contributed by atoms with Gasteiger partial charge in [0.1, 0.15) is 17.2 Å². The van der Waals surface area contributed by atoms with Gasteiger partial charge in [-0.3, -0.25) is 28.5 Å². The maximum atomic E-state index is 14.4. The maximum Gasteiger partial charge on any atom is 0.264 e. The summed E-state index contributed by atoms with van der Waals surface area (Å²) in [7, 11) is 0. The molecule has 4 aromatic carbocycles. The number of carbonyl (C=O) groups is 1. The molecule has 0 aliphatic rings. The lowest BCUT2D eigenvalue weighted by atomic mass is 9.98. The van der Waals surface area contributed by atoms with Gasteiger partial charge in [0.25, 0.3) is 17.0 Å². The molecule has 5 N–H and O–H groups in total. The quantitative estimate of drug-likeness (QED) is 0.144. The van der Waals surface area contributed by atoms with E-state index >= 15 is 0 Å². The normalized spacial score (nSPS) is 12.2. The molecular formula is C47H38ClF2N9O3. The Morgan fingerprint density at radius 2 is 1.35 bits per heavy atom. The molecule has 9 aromatic rings. The highest BCUT2D eigenvalue weighted by Crippen LogP contribution is 2.30. The molecule has 1 amide bonds. The molecule has 0 radical (unpaired) electrons. The van der Waals surface area contributed by atoms with Crippen LogP contribution < -0.4 is 27.9 Å². The Balaban J connectivity index is 0.000000203. The zero-order valence-electron chi connectivity index (χ0n) is 33.6. The molecule has 5 heterocycles. The molecule has 0 saturated heterocycles. The van der Waals surface area contributed by atoms with Crippen LogP contribution in [0.4, 0.5) is 14.6 Å². The summed E-state index contributed by atoms with van der Waals surface area (Å²) < 4.78 is 32.2. The standard InChI is InChI=1S/C30H24FN7O2.C17H14ClFN2O/c1-17-14-19(10-12-33-17)23-9-3-6-20-15-24(38(30(40)25(20)23)22-8-4-7-21(31)16-22)18(2)35-29(39)26-27(32)36-37-13-5-11-34-28(26)37;1-10(20)15-8-11-4-2-7-14(18)16(11)17(22)21(15)13-6-3-5-12(19)9-13/h3-16,18H,1-2H3,(H2,32,36)(H,35,39);2-10H,20H2,1H3/t18-;10-/m00/s1. The second-order valence-electron chi connectivity index (χ2n) is 14.7. The van der Waals surface area contributed by atoms with E-state index in [2.05, 4.69) is 20.4 Å². The first-order chi connectivity index (χ1) is 29.8. The number of amides is 1. The molecule has 0 unspecified atom stereocenters. The molecule has 62 heavy (non-hydrogen) atoms. The number of nitrogens with two attached hydrogens (primary N) is 2. The van der Waals surface area contributed by atoms with Gasteiger partial charge in [-0.15, -0.1) is 5.10 Å². The number of halogens is 3. The van der Waals surface area contributed by atoms with Crippen LogP contribution in [0.15, 0.2) is 143 Å². The number of carbonyl (C=O) groups excluding carboxylic acids is 1.